The number of imidazole rings is 1. The summed E-state index contributed by atoms with van der Waals surface area (Å²) in [5, 5.41) is 0. The predicted octanol–water partition coefficient (Wildman–Crippen LogP) is -1.59. The molecule has 0 aliphatic carbocycles. The van der Waals surface area contributed by atoms with Gasteiger partial charge in [-0.2, -0.15) is 0 Å². The van der Waals surface area contributed by atoms with Crippen LogP contribution in [0.15, 0.2) is 12.4 Å². The minimum absolute atomic E-state index is 0. The minimum atomic E-state index is 0. The molecule has 11 heavy (non-hydrogen) atoms. The second-order valence-electron chi connectivity index (χ2n) is 2.59. The molecule has 0 unspecified atom stereocenters. The van der Waals surface area contributed by atoms with Crippen molar-refractivity contribution in [3.05, 3.63) is 18.2 Å². The Morgan fingerprint density at radius 2 is 2.27 bits per heavy atom. The van der Waals surface area contributed by atoms with Gasteiger partial charge in [0.2, 0.25) is 0 Å². The fourth-order valence-electron chi connectivity index (χ4n) is 1.01. The zero-order chi connectivity index (χ0) is 7.40. The van der Waals surface area contributed by atoms with E-state index in [1.54, 1.807) is 0 Å². The fourth-order valence-corrected chi connectivity index (χ4v) is 1.01. The quantitative estimate of drug-likeness (QED) is 0.503. The molecule has 0 amide bonds. The van der Waals surface area contributed by atoms with E-state index < -0.39 is 0 Å². The van der Waals surface area contributed by atoms with E-state index >= 15 is 0 Å². The Balaban J connectivity index is 0.000001000. The molecule has 0 radical (unpaired) electrons. The SMILES string of the molecule is CCCC[n+]1cc[nH]c1C.[I-]. The molecule has 0 spiro atoms. The molecule has 1 rings (SSSR count). The van der Waals surface area contributed by atoms with Gasteiger partial charge in [-0.25, -0.2) is 9.55 Å². The number of nitrogens with one attached hydrogen (secondary N) is 1. The molecule has 0 bridgehead atoms. The second-order valence-corrected chi connectivity index (χ2v) is 2.59. The zero-order valence-electron chi connectivity index (χ0n) is 7.10. The molecule has 0 saturated carbocycles. The van der Waals surface area contributed by atoms with Gasteiger partial charge in [0.25, 0.3) is 5.82 Å². The van der Waals surface area contributed by atoms with Crippen LogP contribution >= 0.6 is 0 Å². The molecule has 0 saturated heterocycles. The van der Waals surface area contributed by atoms with Crippen LogP contribution in [0.2, 0.25) is 0 Å². The molecule has 0 aromatic carbocycles. The molecule has 3 heteroatoms. The van der Waals surface area contributed by atoms with Gasteiger partial charge in [-0.1, -0.05) is 13.3 Å². The summed E-state index contributed by atoms with van der Waals surface area (Å²) in [7, 11) is 0. The van der Waals surface area contributed by atoms with Crippen LogP contribution in [0.3, 0.4) is 0 Å². The first kappa shape index (κ1) is 10.9. The van der Waals surface area contributed by atoms with E-state index in [0.29, 0.717) is 0 Å². The number of unbranched alkanes of at least 4 members (excludes halogenated alkanes) is 1. The van der Waals surface area contributed by atoms with Crippen molar-refractivity contribution in [2.45, 2.75) is 33.2 Å². The number of hydrogen-bond donors (Lipinski definition) is 1. The average molecular weight is 266 g/mol. The Kier molecular flexibility index (Phi) is 5.54. The van der Waals surface area contributed by atoms with Gasteiger partial charge in [-0.15, -0.1) is 0 Å². The molecule has 64 valence electrons. The van der Waals surface area contributed by atoms with E-state index in [1.807, 2.05) is 6.20 Å². The summed E-state index contributed by atoms with van der Waals surface area (Å²) in [5.41, 5.74) is 0. The van der Waals surface area contributed by atoms with Crippen LogP contribution in [0.1, 0.15) is 25.6 Å². The van der Waals surface area contributed by atoms with Gasteiger partial charge < -0.3 is 24.0 Å². The first-order valence-electron chi connectivity index (χ1n) is 3.88. The smallest absolute Gasteiger partial charge is 0.251 e. The third kappa shape index (κ3) is 3.22. The number of halogens is 1. The maximum atomic E-state index is 3.14. The lowest BCUT2D eigenvalue weighted by Crippen LogP contribution is -3.00. The number of aryl methyl sites for hydroxylation is 2. The van der Waals surface area contributed by atoms with Gasteiger partial charge in [0.15, 0.2) is 0 Å². The zero-order valence-corrected chi connectivity index (χ0v) is 9.26. The third-order valence-corrected chi connectivity index (χ3v) is 1.73. The van der Waals surface area contributed by atoms with Gasteiger partial charge in [-0.05, 0) is 6.42 Å². The van der Waals surface area contributed by atoms with Gasteiger partial charge in [-0.3, -0.25) is 0 Å². The normalized spacial score (nSPS) is 9.27. The molecule has 0 aliphatic heterocycles. The van der Waals surface area contributed by atoms with Crippen molar-refractivity contribution in [3.8, 4) is 0 Å². The van der Waals surface area contributed by atoms with Crippen LogP contribution in [-0.4, -0.2) is 4.98 Å². The van der Waals surface area contributed by atoms with Crippen molar-refractivity contribution in [2.24, 2.45) is 0 Å². The van der Waals surface area contributed by atoms with Gasteiger partial charge in [0.05, 0.1) is 6.54 Å². The van der Waals surface area contributed by atoms with E-state index in [1.165, 1.54) is 18.7 Å². The lowest BCUT2D eigenvalue weighted by Gasteiger charge is -1.93. The van der Waals surface area contributed by atoms with Crippen LogP contribution in [-0.2, 0) is 6.54 Å². The first-order chi connectivity index (χ1) is 4.84. The average Bonchev–Trinajstić information content (AvgIpc) is 2.31. The number of H-pyrrole nitrogens is 1. The molecule has 1 aromatic rings. The Morgan fingerprint density at radius 1 is 1.55 bits per heavy atom. The number of aromatic nitrogens is 2. The first-order valence-corrected chi connectivity index (χ1v) is 3.88. The van der Waals surface area contributed by atoms with E-state index in [4.69, 9.17) is 0 Å². The molecule has 0 atom stereocenters. The summed E-state index contributed by atoms with van der Waals surface area (Å²) >= 11 is 0. The summed E-state index contributed by atoms with van der Waals surface area (Å²) in [4.78, 5) is 3.14. The van der Waals surface area contributed by atoms with E-state index in [2.05, 4.69) is 29.6 Å². The van der Waals surface area contributed by atoms with E-state index in [0.717, 1.165) is 6.54 Å². The van der Waals surface area contributed by atoms with Gasteiger partial charge in [0, 0.05) is 6.92 Å². The van der Waals surface area contributed by atoms with Crippen LogP contribution in [0.25, 0.3) is 0 Å². The van der Waals surface area contributed by atoms with E-state index in [-0.39, 0.29) is 24.0 Å². The lowest BCUT2D eigenvalue weighted by atomic mass is 10.3. The van der Waals surface area contributed by atoms with Crippen LogP contribution in [0, 0.1) is 6.92 Å². The fraction of sp³-hybridized carbons (Fsp3) is 0.625. The van der Waals surface area contributed by atoms with Gasteiger partial charge >= 0.3 is 0 Å². The third-order valence-electron chi connectivity index (χ3n) is 1.73. The lowest BCUT2D eigenvalue weighted by molar-refractivity contribution is -0.701. The van der Waals surface area contributed by atoms with Crippen LogP contribution in [0.5, 0.6) is 0 Å². The molecule has 1 N–H and O–H groups in total. The highest BCUT2D eigenvalue weighted by Crippen LogP contribution is 1.88. The van der Waals surface area contributed by atoms with Crippen molar-refractivity contribution in [1.29, 1.82) is 0 Å². The Bertz CT molecular complexity index is 196. The largest absolute Gasteiger partial charge is 1.00 e. The summed E-state index contributed by atoms with van der Waals surface area (Å²) in [5.74, 6) is 1.24. The molecule has 1 aromatic heterocycles. The maximum absolute atomic E-state index is 3.14. The number of aromatic amines is 1. The summed E-state index contributed by atoms with van der Waals surface area (Å²) in [6.07, 6.45) is 6.59. The molecule has 1 heterocycles. The topological polar surface area (TPSA) is 19.7 Å². The van der Waals surface area contributed by atoms with Crippen molar-refractivity contribution >= 4 is 0 Å². The van der Waals surface area contributed by atoms with Crippen molar-refractivity contribution in [3.63, 3.8) is 0 Å². The molecular formula is C8H15IN2. The highest BCUT2D eigenvalue weighted by Gasteiger charge is 2.01. The monoisotopic (exact) mass is 266 g/mol. The second kappa shape index (κ2) is 5.57. The molecule has 2 nitrogen and oxygen atoms in total. The highest BCUT2D eigenvalue weighted by molar-refractivity contribution is 4.70. The van der Waals surface area contributed by atoms with Gasteiger partial charge in [0.1, 0.15) is 12.4 Å². The summed E-state index contributed by atoms with van der Waals surface area (Å²) in [6, 6.07) is 0. The highest BCUT2D eigenvalue weighted by atomic mass is 127. The maximum Gasteiger partial charge on any atom is 0.251 e. The Hall–Kier alpha value is -0.0600. The van der Waals surface area contributed by atoms with Crippen molar-refractivity contribution < 1.29 is 28.5 Å². The van der Waals surface area contributed by atoms with E-state index in [9.17, 15) is 0 Å². The molecule has 0 aliphatic rings. The summed E-state index contributed by atoms with van der Waals surface area (Å²) < 4.78 is 2.24. The van der Waals surface area contributed by atoms with Crippen LogP contribution < -0.4 is 28.5 Å². The Labute approximate surface area is 85.0 Å². The molecular weight excluding hydrogens is 251 g/mol. The standard InChI is InChI=1S/C8H14N2.HI/c1-3-4-6-10-7-5-9-8(10)2;/h5,7H,3-4,6H2,1-2H3;1H. The minimum Gasteiger partial charge on any atom is -1.00 e. The number of nitrogens with zero attached hydrogens (tertiary/aromatic N) is 1. The molecule has 0 fully saturated rings. The number of rotatable bonds is 3. The summed E-state index contributed by atoms with van der Waals surface area (Å²) in [6.45, 7) is 5.45. The number of hydrogen-bond acceptors (Lipinski definition) is 0. The van der Waals surface area contributed by atoms with Crippen molar-refractivity contribution in [2.75, 3.05) is 0 Å². The van der Waals surface area contributed by atoms with Crippen LogP contribution in [0.4, 0.5) is 0 Å². The van der Waals surface area contributed by atoms with Crippen molar-refractivity contribution in [1.82, 2.24) is 4.98 Å². The Morgan fingerprint density at radius 3 is 2.73 bits per heavy atom. The predicted molar refractivity (Wildman–Crippen MR) is 40.6 cm³/mol.